The molecular formula is C14H19ClN2OS. The van der Waals surface area contributed by atoms with Crippen molar-refractivity contribution < 1.29 is 4.79 Å². The van der Waals surface area contributed by atoms with Crippen LogP contribution < -0.4 is 5.32 Å². The predicted molar refractivity (Wildman–Crippen MR) is 81.7 cm³/mol. The van der Waals surface area contributed by atoms with Crippen molar-refractivity contribution in [2.75, 3.05) is 31.1 Å². The molecule has 0 aromatic heterocycles. The Bertz CT molecular complexity index is 422. The number of hydrogen-bond donors (Lipinski definition) is 1. The van der Waals surface area contributed by atoms with Crippen molar-refractivity contribution in [3.63, 3.8) is 0 Å². The third-order valence-corrected chi connectivity index (χ3v) is 4.32. The molecule has 2 rings (SSSR count). The van der Waals surface area contributed by atoms with Gasteiger partial charge >= 0.3 is 0 Å². The molecule has 0 unspecified atom stereocenters. The minimum atomic E-state index is 0.109. The van der Waals surface area contributed by atoms with Crippen LogP contribution in [0.5, 0.6) is 0 Å². The summed E-state index contributed by atoms with van der Waals surface area (Å²) in [6.45, 7) is 3.62. The van der Waals surface area contributed by atoms with E-state index in [1.54, 1.807) is 0 Å². The first-order valence-electron chi connectivity index (χ1n) is 6.55. The number of hydrogen-bond acceptors (Lipinski definition) is 3. The molecule has 1 fully saturated rings. The van der Waals surface area contributed by atoms with Crippen LogP contribution in [0, 0.1) is 0 Å². The summed E-state index contributed by atoms with van der Waals surface area (Å²) in [5.41, 5.74) is 1.04. The van der Waals surface area contributed by atoms with E-state index in [0.29, 0.717) is 18.0 Å². The highest BCUT2D eigenvalue weighted by atomic mass is 35.5. The molecule has 0 radical (unpaired) electrons. The van der Waals surface area contributed by atoms with Crippen LogP contribution in [0.15, 0.2) is 24.3 Å². The number of nitrogens with zero attached hydrogens (tertiary/aromatic N) is 1. The quantitative estimate of drug-likeness (QED) is 0.906. The summed E-state index contributed by atoms with van der Waals surface area (Å²) in [6, 6.07) is 7.58. The van der Waals surface area contributed by atoms with E-state index in [-0.39, 0.29) is 5.91 Å². The molecule has 19 heavy (non-hydrogen) atoms. The monoisotopic (exact) mass is 298 g/mol. The summed E-state index contributed by atoms with van der Waals surface area (Å²) in [7, 11) is 0. The molecule has 0 bridgehead atoms. The van der Waals surface area contributed by atoms with Gasteiger partial charge in [-0.25, -0.2) is 0 Å². The van der Waals surface area contributed by atoms with Gasteiger partial charge in [0.1, 0.15) is 0 Å². The van der Waals surface area contributed by atoms with Crippen LogP contribution in [0.4, 0.5) is 0 Å². The number of halogens is 1. The van der Waals surface area contributed by atoms with Crippen molar-refractivity contribution in [3.8, 4) is 0 Å². The summed E-state index contributed by atoms with van der Waals surface area (Å²) >= 11 is 7.89. The fourth-order valence-corrected chi connectivity index (χ4v) is 3.21. The fourth-order valence-electron chi connectivity index (χ4n) is 2.02. The predicted octanol–water partition coefficient (Wildman–Crippen LogP) is 2.40. The van der Waals surface area contributed by atoms with E-state index in [1.807, 2.05) is 36.0 Å². The van der Waals surface area contributed by atoms with Gasteiger partial charge in [-0.1, -0.05) is 23.7 Å². The Morgan fingerprint density at radius 2 is 2.16 bits per heavy atom. The molecule has 1 N–H and O–H groups in total. The first kappa shape index (κ1) is 14.7. The van der Waals surface area contributed by atoms with Gasteiger partial charge in [-0.05, 0) is 17.7 Å². The Hall–Kier alpha value is -0.710. The third kappa shape index (κ3) is 5.43. The van der Waals surface area contributed by atoms with Crippen LogP contribution in [-0.2, 0) is 11.3 Å². The molecular weight excluding hydrogens is 280 g/mol. The Morgan fingerprint density at radius 1 is 1.37 bits per heavy atom. The van der Waals surface area contributed by atoms with Crippen LogP contribution in [0.1, 0.15) is 12.0 Å². The van der Waals surface area contributed by atoms with E-state index in [0.717, 1.165) is 25.2 Å². The first-order valence-corrected chi connectivity index (χ1v) is 8.08. The molecule has 1 aliphatic rings. The summed E-state index contributed by atoms with van der Waals surface area (Å²) < 4.78 is 0. The first-order chi connectivity index (χ1) is 9.24. The summed E-state index contributed by atoms with van der Waals surface area (Å²) in [5.74, 6) is 2.48. The molecule has 0 atom stereocenters. The van der Waals surface area contributed by atoms with Crippen LogP contribution in [0.2, 0.25) is 5.02 Å². The van der Waals surface area contributed by atoms with Crippen LogP contribution >= 0.6 is 23.4 Å². The third-order valence-electron chi connectivity index (χ3n) is 3.14. The minimum Gasteiger partial charge on any atom is -0.352 e. The van der Waals surface area contributed by atoms with Crippen molar-refractivity contribution in [2.45, 2.75) is 13.0 Å². The van der Waals surface area contributed by atoms with Crippen molar-refractivity contribution in [2.24, 2.45) is 0 Å². The molecule has 0 saturated carbocycles. The largest absolute Gasteiger partial charge is 0.352 e. The highest BCUT2D eigenvalue weighted by Gasteiger charge is 2.11. The maximum atomic E-state index is 11.8. The lowest BCUT2D eigenvalue weighted by Crippen LogP contribution is -2.36. The molecule has 5 heteroatoms. The van der Waals surface area contributed by atoms with Crippen molar-refractivity contribution >= 4 is 29.3 Å². The zero-order valence-electron chi connectivity index (χ0n) is 10.9. The molecule has 1 aromatic rings. The lowest BCUT2D eigenvalue weighted by molar-refractivity contribution is -0.121. The Labute approximate surface area is 123 Å². The topological polar surface area (TPSA) is 32.3 Å². The van der Waals surface area contributed by atoms with E-state index in [4.69, 9.17) is 11.6 Å². The van der Waals surface area contributed by atoms with E-state index >= 15 is 0 Å². The van der Waals surface area contributed by atoms with Gasteiger partial charge in [0.25, 0.3) is 0 Å². The molecule has 0 spiro atoms. The molecule has 1 aliphatic heterocycles. The van der Waals surface area contributed by atoms with E-state index in [9.17, 15) is 4.79 Å². The number of thioether (sulfide) groups is 1. The van der Waals surface area contributed by atoms with Gasteiger partial charge in [-0.15, -0.1) is 0 Å². The van der Waals surface area contributed by atoms with Gasteiger partial charge < -0.3 is 10.2 Å². The Kier molecular flexibility index (Phi) is 6.01. The van der Waals surface area contributed by atoms with Gasteiger partial charge in [-0.2, -0.15) is 11.8 Å². The number of rotatable bonds is 5. The second kappa shape index (κ2) is 7.78. The van der Waals surface area contributed by atoms with Crippen molar-refractivity contribution in [1.29, 1.82) is 0 Å². The summed E-state index contributed by atoms with van der Waals surface area (Å²) in [5, 5.41) is 3.64. The van der Waals surface area contributed by atoms with Gasteiger partial charge in [0.15, 0.2) is 0 Å². The lowest BCUT2D eigenvalue weighted by atomic mass is 10.2. The standard InChI is InChI=1S/C14H19ClN2OS/c15-13-3-1-2-12(10-13)11-16-14(18)4-5-17-6-8-19-9-7-17/h1-3,10H,4-9,11H2,(H,16,18). The van der Waals surface area contributed by atoms with Crippen LogP contribution in [0.3, 0.4) is 0 Å². The lowest BCUT2D eigenvalue weighted by Gasteiger charge is -2.25. The van der Waals surface area contributed by atoms with Crippen molar-refractivity contribution in [3.05, 3.63) is 34.9 Å². The van der Waals surface area contributed by atoms with Gasteiger partial charge in [0, 0.05) is 49.1 Å². The molecule has 1 amide bonds. The molecule has 1 heterocycles. The second-order valence-electron chi connectivity index (χ2n) is 4.61. The smallest absolute Gasteiger partial charge is 0.221 e. The number of carbonyl (C=O) groups is 1. The molecule has 1 saturated heterocycles. The molecule has 0 aliphatic carbocycles. The van der Waals surface area contributed by atoms with E-state index in [2.05, 4.69) is 10.2 Å². The summed E-state index contributed by atoms with van der Waals surface area (Å²) in [4.78, 5) is 14.1. The van der Waals surface area contributed by atoms with Crippen LogP contribution in [0.25, 0.3) is 0 Å². The average Bonchev–Trinajstić information content (AvgIpc) is 2.44. The molecule has 3 nitrogen and oxygen atoms in total. The highest BCUT2D eigenvalue weighted by Crippen LogP contribution is 2.11. The van der Waals surface area contributed by atoms with Gasteiger partial charge in [-0.3, -0.25) is 4.79 Å². The van der Waals surface area contributed by atoms with E-state index in [1.165, 1.54) is 11.5 Å². The normalized spacial score (nSPS) is 16.3. The average molecular weight is 299 g/mol. The zero-order chi connectivity index (χ0) is 13.5. The SMILES string of the molecule is O=C(CCN1CCSCC1)NCc1cccc(Cl)c1. The van der Waals surface area contributed by atoms with Gasteiger partial charge in [0.2, 0.25) is 5.91 Å². The maximum Gasteiger partial charge on any atom is 0.221 e. The number of carbonyl (C=O) groups excluding carboxylic acids is 1. The Morgan fingerprint density at radius 3 is 2.89 bits per heavy atom. The fraction of sp³-hybridized carbons (Fsp3) is 0.500. The Balaban J connectivity index is 1.66. The maximum absolute atomic E-state index is 11.8. The number of benzene rings is 1. The molecule has 1 aromatic carbocycles. The minimum absolute atomic E-state index is 0.109. The number of amides is 1. The zero-order valence-corrected chi connectivity index (χ0v) is 12.5. The second-order valence-corrected chi connectivity index (χ2v) is 6.27. The summed E-state index contributed by atoms with van der Waals surface area (Å²) in [6.07, 6.45) is 0.575. The highest BCUT2D eigenvalue weighted by molar-refractivity contribution is 7.99. The number of nitrogens with one attached hydrogen (secondary N) is 1. The van der Waals surface area contributed by atoms with E-state index < -0.39 is 0 Å². The van der Waals surface area contributed by atoms with Crippen LogP contribution in [-0.4, -0.2) is 41.9 Å². The molecule has 104 valence electrons. The van der Waals surface area contributed by atoms with Gasteiger partial charge in [0.05, 0.1) is 0 Å². The van der Waals surface area contributed by atoms with Crippen molar-refractivity contribution in [1.82, 2.24) is 10.2 Å².